The van der Waals surface area contributed by atoms with Crippen LogP contribution in [0, 0.1) is 0 Å². The van der Waals surface area contributed by atoms with Crippen LogP contribution in [0.5, 0.6) is 0 Å². The standard InChI is InChI=1S/C19H28N2O2/c1-14-6-7-15-4-2-3-5-18(15)21(14)13-12-19(23)20-16-8-10-17(22)11-9-16/h2-5,14,16-17,22H,6-13H2,1H3,(H,20,23)/t14-,16?,17?/m0/s1. The number of carbonyl (C=O) groups is 1. The number of anilines is 1. The van der Waals surface area contributed by atoms with Gasteiger partial charge in [-0.25, -0.2) is 0 Å². The molecule has 126 valence electrons. The molecule has 1 aromatic rings. The Bertz CT molecular complexity index is 538. The summed E-state index contributed by atoms with van der Waals surface area (Å²) < 4.78 is 0. The van der Waals surface area contributed by atoms with E-state index in [9.17, 15) is 9.90 Å². The fourth-order valence-corrected chi connectivity index (χ4v) is 3.84. The molecule has 1 fully saturated rings. The third kappa shape index (κ3) is 4.05. The Morgan fingerprint density at radius 1 is 1.22 bits per heavy atom. The number of rotatable bonds is 4. The smallest absolute Gasteiger partial charge is 0.221 e. The zero-order valence-electron chi connectivity index (χ0n) is 14.0. The van der Waals surface area contributed by atoms with Crippen LogP contribution in [0.25, 0.3) is 0 Å². The van der Waals surface area contributed by atoms with Gasteiger partial charge in [-0.05, 0) is 57.1 Å². The number of aryl methyl sites for hydroxylation is 1. The van der Waals surface area contributed by atoms with Gasteiger partial charge in [0.05, 0.1) is 6.10 Å². The topological polar surface area (TPSA) is 52.6 Å². The number of para-hydroxylation sites is 1. The summed E-state index contributed by atoms with van der Waals surface area (Å²) in [5, 5.41) is 12.7. The van der Waals surface area contributed by atoms with Crippen molar-refractivity contribution in [3.05, 3.63) is 29.8 Å². The van der Waals surface area contributed by atoms with E-state index in [0.29, 0.717) is 12.5 Å². The van der Waals surface area contributed by atoms with E-state index in [1.54, 1.807) is 0 Å². The van der Waals surface area contributed by atoms with Gasteiger partial charge >= 0.3 is 0 Å². The van der Waals surface area contributed by atoms with Crippen LogP contribution in [-0.2, 0) is 11.2 Å². The maximum Gasteiger partial charge on any atom is 0.221 e. The third-order valence-corrected chi connectivity index (χ3v) is 5.31. The fraction of sp³-hybridized carbons (Fsp3) is 0.632. The van der Waals surface area contributed by atoms with Gasteiger partial charge in [-0.3, -0.25) is 4.79 Å². The van der Waals surface area contributed by atoms with E-state index in [1.165, 1.54) is 11.3 Å². The predicted octanol–water partition coefficient (Wildman–Crippen LogP) is 2.64. The van der Waals surface area contributed by atoms with Crippen LogP contribution in [0.3, 0.4) is 0 Å². The fourth-order valence-electron chi connectivity index (χ4n) is 3.84. The van der Waals surface area contributed by atoms with Crippen molar-refractivity contribution >= 4 is 11.6 Å². The van der Waals surface area contributed by atoms with E-state index in [1.807, 2.05) is 0 Å². The van der Waals surface area contributed by atoms with E-state index >= 15 is 0 Å². The molecule has 1 heterocycles. The maximum absolute atomic E-state index is 12.3. The quantitative estimate of drug-likeness (QED) is 0.898. The Labute approximate surface area is 138 Å². The van der Waals surface area contributed by atoms with Crippen LogP contribution in [0.4, 0.5) is 5.69 Å². The highest BCUT2D eigenvalue weighted by atomic mass is 16.3. The number of nitrogens with one attached hydrogen (secondary N) is 1. The summed E-state index contributed by atoms with van der Waals surface area (Å²) in [7, 11) is 0. The second-order valence-electron chi connectivity index (χ2n) is 7.03. The third-order valence-electron chi connectivity index (χ3n) is 5.31. The number of aliphatic hydroxyl groups excluding tert-OH is 1. The average Bonchev–Trinajstić information content (AvgIpc) is 2.56. The van der Waals surface area contributed by atoms with Gasteiger partial charge in [-0.1, -0.05) is 18.2 Å². The summed E-state index contributed by atoms with van der Waals surface area (Å²) in [6.45, 7) is 3.02. The summed E-state index contributed by atoms with van der Waals surface area (Å²) >= 11 is 0. The molecule has 1 aliphatic carbocycles. The molecule has 0 aromatic heterocycles. The first kappa shape index (κ1) is 16.3. The number of hydrogen-bond acceptors (Lipinski definition) is 3. The Hall–Kier alpha value is -1.55. The van der Waals surface area contributed by atoms with Gasteiger partial charge in [0.15, 0.2) is 0 Å². The van der Waals surface area contributed by atoms with Crippen LogP contribution >= 0.6 is 0 Å². The summed E-state index contributed by atoms with van der Waals surface area (Å²) in [6, 6.07) is 9.28. The van der Waals surface area contributed by atoms with Crippen molar-refractivity contribution in [1.82, 2.24) is 5.32 Å². The molecular formula is C19H28N2O2. The van der Waals surface area contributed by atoms with Crippen LogP contribution in [0.15, 0.2) is 24.3 Å². The summed E-state index contributed by atoms with van der Waals surface area (Å²) in [6.07, 6.45) is 6.06. The minimum absolute atomic E-state index is 0.140. The lowest BCUT2D eigenvalue weighted by molar-refractivity contribution is -0.122. The number of carbonyl (C=O) groups excluding carboxylic acids is 1. The van der Waals surface area contributed by atoms with Crippen LogP contribution in [0.2, 0.25) is 0 Å². The van der Waals surface area contributed by atoms with Crippen LogP contribution in [-0.4, -0.2) is 35.7 Å². The first-order valence-electron chi connectivity index (χ1n) is 8.95. The summed E-state index contributed by atoms with van der Waals surface area (Å²) in [5.74, 6) is 0.140. The SMILES string of the molecule is C[C@H]1CCc2ccccc2N1CCC(=O)NC1CCC(O)CC1. The van der Waals surface area contributed by atoms with E-state index in [0.717, 1.165) is 45.1 Å². The van der Waals surface area contributed by atoms with Crippen molar-refractivity contribution in [3.63, 3.8) is 0 Å². The van der Waals surface area contributed by atoms with E-state index < -0.39 is 0 Å². The van der Waals surface area contributed by atoms with Crippen LogP contribution in [0.1, 0.15) is 51.0 Å². The minimum atomic E-state index is -0.172. The molecule has 4 nitrogen and oxygen atoms in total. The number of amides is 1. The molecule has 4 heteroatoms. The van der Waals surface area contributed by atoms with Crippen LogP contribution < -0.4 is 10.2 Å². The van der Waals surface area contributed by atoms with Gasteiger partial charge in [-0.2, -0.15) is 0 Å². The molecule has 23 heavy (non-hydrogen) atoms. The first-order valence-corrected chi connectivity index (χ1v) is 8.95. The molecule has 2 N–H and O–H groups in total. The number of fused-ring (bicyclic) bond motifs is 1. The van der Waals surface area contributed by atoms with E-state index in [2.05, 4.69) is 41.4 Å². The van der Waals surface area contributed by atoms with Gasteiger partial charge in [-0.15, -0.1) is 0 Å². The van der Waals surface area contributed by atoms with Crippen molar-refractivity contribution in [2.75, 3.05) is 11.4 Å². The van der Waals surface area contributed by atoms with Gasteiger partial charge in [0.1, 0.15) is 0 Å². The molecule has 2 aliphatic rings. The molecule has 0 unspecified atom stereocenters. The first-order chi connectivity index (χ1) is 11.1. The molecule has 0 spiro atoms. The Morgan fingerprint density at radius 2 is 1.96 bits per heavy atom. The molecule has 1 amide bonds. The van der Waals surface area contributed by atoms with E-state index in [-0.39, 0.29) is 18.1 Å². The molecule has 0 saturated heterocycles. The number of benzene rings is 1. The van der Waals surface area contributed by atoms with Crippen molar-refractivity contribution in [1.29, 1.82) is 0 Å². The zero-order valence-corrected chi connectivity index (χ0v) is 14.0. The molecule has 0 radical (unpaired) electrons. The van der Waals surface area contributed by atoms with Gasteiger partial charge < -0.3 is 15.3 Å². The van der Waals surface area contributed by atoms with Crippen molar-refractivity contribution in [2.24, 2.45) is 0 Å². The molecule has 1 atom stereocenters. The lowest BCUT2D eigenvalue weighted by Crippen LogP contribution is -2.42. The minimum Gasteiger partial charge on any atom is -0.393 e. The van der Waals surface area contributed by atoms with E-state index in [4.69, 9.17) is 0 Å². The van der Waals surface area contributed by atoms with Crippen molar-refractivity contribution in [2.45, 2.75) is 70.1 Å². The van der Waals surface area contributed by atoms with Gasteiger partial charge in [0.2, 0.25) is 5.91 Å². The Morgan fingerprint density at radius 3 is 2.74 bits per heavy atom. The van der Waals surface area contributed by atoms with Gasteiger partial charge in [0.25, 0.3) is 0 Å². The second kappa shape index (κ2) is 7.35. The van der Waals surface area contributed by atoms with Gasteiger partial charge in [0, 0.05) is 30.7 Å². The second-order valence-corrected chi connectivity index (χ2v) is 7.03. The van der Waals surface area contributed by atoms with Crippen molar-refractivity contribution < 1.29 is 9.90 Å². The molecule has 3 rings (SSSR count). The number of aliphatic hydroxyl groups is 1. The normalized spacial score (nSPS) is 27.4. The lowest BCUT2D eigenvalue weighted by atomic mass is 9.93. The predicted molar refractivity (Wildman–Crippen MR) is 92.6 cm³/mol. The summed E-state index contributed by atoms with van der Waals surface area (Å²) in [4.78, 5) is 14.6. The monoisotopic (exact) mass is 316 g/mol. The highest BCUT2D eigenvalue weighted by molar-refractivity contribution is 5.77. The largest absolute Gasteiger partial charge is 0.393 e. The highest BCUT2D eigenvalue weighted by Crippen LogP contribution is 2.30. The Balaban J connectivity index is 1.52. The lowest BCUT2D eigenvalue weighted by Gasteiger charge is -2.37. The number of nitrogens with zero attached hydrogens (tertiary/aromatic N) is 1. The molecule has 1 saturated carbocycles. The maximum atomic E-state index is 12.3. The van der Waals surface area contributed by atoms with Crippen molar-refractivity contribution in [3.8, 4) is 0 Å². The average molecular weight is 316 g/mol. The Kier molecular flexibility index (Phi) is 5.21. The number of hydrogen-bond donors (Lipinski definition) is 2. The molecule has 1 aliphatic heterocycles. The zero-order chi connectivity index (χ0) is 16.2. The molecule has 1 aromatic carbocycles. The molecular weight excluding hydrogens is 288 g/mol. The molecule has 0 bridgehead atoms. The highest BCUT2D eigenvalue weighted by Gasteiger charge is 2.24. The summed E-state index contributed by atoms with van der Waals surface area (Å²) in [5.41, 5.74) is 2.69.